The van der Waals surface area contributed by atoms with Crippen molar-refractivity contribution in [3.63, 3.8) is 0 Å². The highest BCUT2D eigenvalue weighted by Crippen LogP contribution is 2.32. The van der Waals surface area contributed by atoms with Crippen LogP contribution in [0.1, 0.15) is 24.1 Å². The predicted molar refractivity (Wildman–Crippen MR) is 99.6 cm³/mol. The van der Waals surface area contributed by atoms with Gasteiger partial charge in [0.15, 0.2) is 0 Å². The van der Waals surface area contributed by atoms with Crippen LogP contribution in [0.5, 0.6) is 0 Å². The third-order valence-corrected chi connectivity index (χ3v) is 5.24. The Hall–Kier alpha value is -1.98. The summed E-state index contributed by atoms with van der Waals surface area (Å²) in [6.45, 7) is 2.69. The number of rotatable bonds is 4. The topological polar surface area (TPSA) is 51.1 Å². The first-order valence-electron chi connectivity index (χ1n) is 8.67. The summed E-state index contributed by atoms with van der Waals surface area (Å²) in [5.41, 5.74) is 3.79. The molecule has 1 saturated heterocycles. The van der Waals surface area contributed by atoms with Crippen LogP contribution in [0, 0.1) is 5.92 Å². The van der Waals surface area contributed by atoms with E-state index in [9.17, 15) is 0 Å². The van der Waals surface area contributed by atoms with Crippen LogP contribution in [0.15, 0.2) is 30.7 Å². The second-order valence-corrected chi connectivity index (χ2v) is 7.08. The molecule has 0 spiro atoms. The van der Waals surface area contributed by atoms with Gasteiger partial charge in [-0.2, -0.15) is 0 Å². The first-order valence-corrected chi connectivity index (χ1v) is 9.05. The SMILES string of the molecule is CN(CC1CCOCC1)c1cncc(-c2cnc3c(c2)C(Cl)=CC3)n1. The lowest BCUT2D eigenvalue weighted by Crippen LogP contribution is -2.30. The Morgan fingerprint density at radius 1 is 1.24 bits per heavy atom. The van der Waals surface area contributed by atoms with E-state index >= 15 is 0 Å². The molecule has 0 unspecified atom stereocenters. The molecule has 2 aliphatic rings. The Labute approximate surface area is 152 Å². The zero-order valence-electron chi connectivity index (χ0n) is 14.3. The maximum atomic E-state index is 6.26. The number of allylic oxidation sites excluding steroid dienone is 1. The second kappa shape index (κ2) is 7.10. The molecule has 1 aliphatic carbocycles. The fourth-order valence-corrected chi connectivity index (χ4v) is 3.63. The molecule has 2 aromatic heterocycles. The highest BCUT2D eigenvalue weighted by molar-refractivity contribution is 6.49. The molecule has 0 saturated carbocycles. The lowest BCUT2D eigenvalue weighted by atomic mass is 10.00. The van der Waals surface area contributed by atoms with E-state index in [1.807, 2.05) is 18.5 Å². The lowest BCUT2D eigenvalue weighted by Gasteiger charge is -2.27. The molecular formula is C19H21ClN4O. The van der Waals surface area contributed by atoms with E-state index in [0.717, 1.165) is 72.4 Å². The fraction of sp³-hybridized carbons (Fsp3) is 0.421. The molecule has 0 aromatic carbocycles. The van der Waals surface area contributed by atoms with Crippen LogP contribution in [0.25, 0.3) is 16.3 Å². The molecule has 1 aliphatic heterocycles. The van der Waals surface area contributed by atoms with Crippen molar-refractivity contribution in [3.8, 4) is 11.3 Å². The highest BCUT2D eigenvalue weighted by Gasteiger charge is 2.18. The smallest absolute Gasteiger partial charge is 0.147 e. The van der Waals surface area contributed by atoms with E-state index < -0.39 is 0 Å². The number of halogens is 1. The molecule has 25 heavy (non-hydrogen) atoms. The molecule has 5 nitrogen and oxygen atoms in total. The third-order valence-electron chi connectivity index (χ3n) is 4.88. The monoisotopic (exact) mass is 356 g/mol. The summed E-state index contributed by atoms with van der Waals surface area (Å²) in [6, 6.07) is 2.06. The zero-order chi connectivity index (χ0) is 17.2. The number of hydrogen-bond acceptors (Lipinski definition) is 5. The van der Waals surface area contributed by atoms with Crippen LogP contribution in [0.3, 0.4) is 0 Å². The minimum absolute atomic E-state index is 0.648. The van der Waals surface area contributed by atoms with E-state index in [1.165, 1.54) is 0 Å². The number of aromatic nitrogens is 3. The molecule has 0 radical (unpaired) electrons. The molecule has 1 fully saturated rings. The molecule has 3 heterocycles. The summed E-state index contributed by atoms with van der Waals surface area (Å²) >= 11 is 6.26. The van der Waals surface area contributed by atoms with Crippen molar-refractivity contribution in [2.75, 3.05) is 31.7 Å². The first-order chi connectivity index (χ1) is 12.2. The van der Waals surface area contributed by atoms with Crippen LogP contribution in [0.4, 0.5) is 5.82 Å². The minimum atomic E-state index is 0.648. The number of nitrogens with zero attached hydrogens (tertiary/aromatic N) is 4. The lowest BCUT2D eigenvalue weighted by molar-refractivity contribution is 0.0685. The quantitative estimate of drug-likeness (QED) is 0.838. The predicted octanol–water partition coefficient (Wildman–Crippen LogP) is 3.54. The Kier molecular flexibility index (Phi) is 4.68. The van der Waals surface area contributed by atoms with Crippen LogP contribution >= 0.6 is 11.6 Å². The molecule has 130 valence electrons. The van der Waals surface area contributed by atoms with Gasteiger partial charge in [-0.15, -0.1) is 0 Å². The van der Waals surface area contributed by atoms with Crippen molar-refractivity contribution >= 4 is 22.5 Å². The molecule has 0 bridgehead atoms. The van der Waals surface area contributed by atoms with Gasteiger partial charge in [-0.1, -0.05) is 17.7 Å². The molecule has 6 heteroatoms. The largest absolute Gasteiger partial charge is 0.381 e. The standard InChI is InChI=1S/C19H21ClN4O/c1-24(12-13-4-6-25-7-5-13)19-11-21-10-18(23-19)14-8-15-16(20)2-3-17(15)22-9-14/h2,8-11,13H,3-7,12H2,1H3. The fourth-order valence-electron chi connectivity index (χ4n) is 3.39. The second-order valence-electron chi connectivity index (χ2n) is 6.67. The van der Waals surface area contributed by atoms with Gasteiger partial charge in [0.2, 0.25) is 0 Å². The van der Waals surface area contributed by atoms with E-state index in [4.69, 9.17) is 21.3 Å². The zero-order valence-corrected chi connectivity index (χ0v) is 15.0. The van der Waals surface area contributed by atoms with Gasteiger partial charge in [0.1, 0.15) is 5.82 Å². The molecular weight excluding hydrogens is 336 g/mol. The van der Waals surface area contributed by atoms with Gasteiger partial charge >= 0.3 is 0 Å². The van der Waals surface area contributed by atoms with E-state index in [-0.39, 0.29) is 0 Å². The normalized spacial score (nSPS) is 17.3. The Bertz CT molecular complexity index is 802. The number of fused-ring (bicyclic) bond motifs is 1. The summed E-state index contributed by atoms with van der Waals surface area (Å²) in [7, 11) is 2.07. The van der Waals surface area contributed by atoms with E-state index in [1.54, 1.807) is 6.20 Å². The average Bonchev–Trinajstić information content (AvgIpc) is 3.03. The molecule has 2 aromatic rings. The van der Waals surface area contributed by atoms with Gasteiger partial charge in [-0.3, -0.25) is 9.97 Å². The van der Waals surface area contributed by atoms with E-state index in [2.05, 4.69) is 28.0 Å². The summed E-state index contributed by atoms with van der Waals surface area (Å²) in [5, 5.41) is 0.769. The van der Waals surface area contributed by atoms with Gasteiger partial charge in [0.05, 0.1) is 23.8 Å². The maximum absolute atomic E-state index is 6.26. The van der Waals surface area contributed by atoms with Crippen molar-refractivity contribution in [2.45, 2.75) is 19.3 Å². The summed E-state index contributed by atoms with van der Waals surface area (Å²) in [5.74, 6) is 1.53. The number of hydrogen-bond donors (Lipinski definition) is 0. The average molecular weight is 357 g/mol. The minimum Gasteiger partial charge on any atom is -0.381 e. The highest BCUT2D eigenvalue weighted by atomic mass is 35.5. The number of ether oxygens (including phenoxy) is 1. The van der Waals surface area contributed by atoms with Gasteiger partial charge < -0.3 is 9.64 Å². The Morgan fingerprint density at radius 3 is 2.92 bits per heavy atom. The van der Waals surface area contributed by atoms with Crippen LogP contribution in [-0.4, -0.2) is 41.8 Å². The van der Waals surface area contributed by atoms with Crippen molar-refractivity contribution in [1.29, 1.82) is 0 Å². The van der Waals surface area contributed by atoms with Crippen molar-refractivity contribution in [1.82, 2.24) is 15.0 Å². The van der Waals surface area contributed by atoms with Crippen LogP contribution in [-0.2, 0) is 11.2 Å². The third kappa shape index (κ3) is 3.53. The molecule has 0 atom stereocenters. The maximum Gasteiger partial charge on any atom is 0.147 e. The number of pyridine rings is 1. The first kappa shape index (κ1) is 16.5. The molecule has 0 amide bonds. The van der Waals surface area contributed by atoms with Gasteiger partial charge in [0, 0.05) is 55.6 Å². The van der Waals surface area contributed by atoms with Crippen LogP contribution in [0.2, 0.25) is 0 Å². The van der Waals surface area contributed by atoms with Gasteiger partial charge in [-0.05, 0) is 24.8 Å². The molecule has 0 N–H and O–H groups in total. The summed E-state index contributed by atoms with van der Waals surface area (Å²) in [4.78, 5) is 15.9. The van der Waals surface area contributed by atoms with E-state index in [0.29, 0.717) is 5.92 Å². The van der Waals surface area contributed by atoms with Crippen molar-refractivity contribution < 1.29 is 4.74 Å². The Morgan fingerprint density at radius 2 is 2.08 bits per heavy atom. The van der Waals surface area contributed by atoms with Crippen molar-refractivity contribution in [2.24, 2.45) is 5.92 Å². The van der Waals surface area contributed by atoms with Crippen molar-refractivity contribution in [3.05, 3.63) is 42.0 Å². The number of anilines is 1. The Balaban J connectivity index is 1.55. The molecule has 4 rings (SSSR count). The summed E-state index contributed by atoms with van der Waals surface area (Å²) < 4.78 is 5.44. The summed E-state index contributed by atoms with van der Waals surface area (Å²) in [6.07, 6.45) is 10.5. The van der Waals surface area contributed by atoms with Gasteiger partial charge in [-0.25, -0.2) is 4.98 Å². The van der Waals surface area contributed by atoms with Crippen LogP contribution < -0.4 is 4.90 Å². The van der Waals surface area contributed by atoms with Gasteiger partial charge in [0.25, 0.3) is 0 Å².